The monoisotopic (exact) mass is 414 g/mol. The van der Waals surface area contributed by atoms with Crippen LogP contribution in [0.5, 0.6) is 0 Å². The Kier molecular flexibility index (Phi) is 7.34. The van der Waals surface area contributed by atoms with Crippen molar-refractivity contribution >= 4 is 33.8 Å². The molecule has 1 unspecified atom stereocenters. The molecule has 26 heavy (non-hydrogen) atoms. The molecule has 0 radical (unpaired) electrons. The van der Waals surface area contributed by atoms with E-state index in [0.29, 0.717) is 12.8 Å². The van der Waals surface area contributed by atoms with Crippen LogP contribution in [0.2, 0.25) is 0 Å². The summed E-state index contributed by atoms with van der Waals surface area (Å²) in [6.45, 7) is 3.85. The Labute approximate surface area is 163 Å². The van der Waals surface area contributed by atoms with E-state index in [9.17, 15) is 9.59 Å². The standard InChI is InChI=1S/C22H23BrO3/c1-3-22(21(25)26-4-2,16-18-8-6-5-7-9-18)20(24)15-12-17-10-13-19(23)14-11-17/h5-15H,3-4,16H2,1-2H3/b15-12+. The summed E-state index contributed by atoms with van der Waals surface area (Å²) < 4.78 is 6.23. The number of ether oxygens (including phenoxy) is 1. The van der Waals surface area contributed by atoms with Gasteiger partial charge in [-0.05, 0) is 49.1 Å². The molecule has 0 amide bonds. The van der Waals surface area contributed by atoms with E-state index in [4.69, 9.17) is 4.74 Å². The van der Waals surface area contributed by atoms with Gasteiger partial charge in [0.15, 0.2) is 5.78 Å². The molecule has 0 heterocycles. The third-order valence-corrected chi connectivity index (χ3v) is 4.92. The lowest BCUT2D eigenvalue weighted by atomic mass is 9.75. The van der Waals surface area contributed by atoms with Gasteiger partial charge in [0.1, 0.15) is 5.41 Å². The Balaban J connectivity index is 2.33. The average molecular weight is 415 g/mol. The second-order valence-electron chi connectivity index (χ2n) is 6.07. The third kappa shape index (κ3) is 4.92. The van der Waals surface area contributed by atoms with Gasteiger partial charge in [-0.1, -0.05) is 71.4 Å². The van der Waals surface area contributed by atoms with E-state index in [1.165, 1.54) is 6.08 Å². The highest BCUT2D eigenvalue weighted by molar-refractivity contribution is 9.10. The van der Waals surface area contributed by atoms with E-state index in [0.717, 1.165) is 15.6 Å². The van der Waals surface area contributed by atoms with Crippen LogP contribution in [0.3, 0.4) is 0 Å². The molecule has 0 aromatic heterocycles. The fourth-order valence-corrected chi connectivity index (χ4v) is 3.09. The van der Waals surface area contributed by atoms with E-state index in [1.807, 2.05) is 61.5 Å². The molecule has 3 nitrogen and oxygen atoms in total. The van der Waals surface area contributed by atoms with E-state index in [2.05, 4.69) is 15.9 Å². The van der Waals surface area contributed by atoms with Gasteiger partial charge >= 0.3 is 5.97 Å². The Bertz CT molecular complexity index is 766. The Morgan fingerprint density at radius 1 is 1.04 bits per heavy atom. The summed E-state index contributed by atoms with van der Waals surface area (Å²) in [6, 6.07) is 17.2. The number of hydrogen-bond acceptors (Lipinski definition) is 3. The summed E-state index contributed by atoms with van der Waals surface area (Å²) in [6.07, 6.45) is 3.94. The first kappa shape index (κ1) is 20.1. The van der Waals surface area contributed by atoms with Crippen molar-refractivity contribution in [3.8, 4) is 0 Å². The fraction of sp³-hybridized carbons (Fsp3) is 0.273. The zero-order valence-corrected chi connectivity index (χ0v) is 16.7. The van der Waals surface area contributed by atoms with Crippen LogP contribution in [0, 0.1) is 5.41 Å². The van der Waals surface area contributed by atoms with Gasteiger partial charge < -0.3 is 4.74 Å². The van der Waals surface area contributed by atoms with Gasteiger partial charge in [-0.3, -0.25) is 9.59 Å². The van der Waals surface area contributed by atoms with Crippen LogP contribution in [-0.2, 0) is 20.7 Å². The second kappa shape index (κ2) is 9.48. The summed E-state index contributed by atoms with van der Waals surface area (Å²) in [4.78, 5) is 25.8. The fourth-order valence-electron chi connectivity index (χ4n) is 2.82. The van der Waals surface area contributed by atoms with Gasteiger partial charge in [-0.25, -0.2) is 0 Å². The van der Waals surface area contributed by atoms with Gasteiger partial charge in [0.2, 0.25) is 0 Å². The van der Waals surface area contributed by atoms with E-state index >= 15 is 0 Å². The molecule has 0 bridgehead atoms. The van der Waals surface area contributed by atoms with E-state index < -0.39 is 11.4 Å². The molecule has 0 N–H and O–H groups in total. The number of hydrogen-bond donors (Lipinski definition) is 0. The number of carbonyl (C=O) groups is 2. The van der Waals surface area contributed by atoms with E-state index in [-0.39, 0.29) is 12.4 Å². The summed E-state index contributed by atoms with van der Waals surface area (Å²) >= 11 is 3.39. The highest BCUT2D eigenvalue weighted by Crippen LogP contribution is 2.31. The summed E-state index contributed by atoms with van der Waals surface area (Å²) in [5.74, 6) is -0.693. The Morgan fingerprint density at radius 3 is 2.27 bits per heavy atom. The molecule has 0 spiro atoms. The number of rotatable bonds is 8. The van der Waals surface area contributed by atoms with Crippen molar-refractivity contribution in [1.29, 1.82) is 0 Å². The zero-order chi connectivity index (χ0) is 19.0. The van der Waals surface area contributed by atoms with E-state index in [1.54, 1.807) is 13.0 Å². The van der Waals surface area contributed by atoms with Crippen molar-refractivity contribution in [2.75, 3.05) is 6.61 Å². The van der Waals surface area contributed by atoms with Crippen molar-refractivity contribution in [2.45, 2.75) is 26.7 Å². The maximum Gasteiger partial charge on any atom is 0.320 e. The number of ketones is 1. The Hall–Kier alpha value is -2.20. The van der Waals surface area contributed by atoms with Crippen molar-refractivity contribution in [3.05, 3.63) is 76.3 Å². The molecule has 4 heteroatoms. The maximum absolute atomic E-state index is 13.1. The summed E-state index contributed by atoms with van der Waals surface area (Å²) in [5, 5.41) is 0. The van der Waals surface area contributed by atoms with Crippen LogP contribution in [-0.4, -0.2) is 18.4 Å². The normalized spacial score (nSPS) is 13.3. The molecule has 1 atom stereocenters. The smallest absolute Gasteiger partial charge is 0.320 e. The zero-order valence-electron chi connectivity index (χ0n) is 15.1. The molecule has 0 saturated heterocycles. The quantitative estimate of drug-likeness (QED) is 0.337. The largest absolute Gasteiger partial charge is 0.465 e. The molecule has 0 fully saturated rings. The number of carbonyl (C=O) groups excluding carboxylic acids is 2. The first-order chi connectivity index (χ1) is 12.5. The number of halogens is 1. The average Bonchev–Trinajstić information content (AvgIpc) is 2.66. The molecule has 0 aliphatic heterocycles. The molecule has 2 aromatic rings. The molecule has 0 aliphatic rings. The molecular weight excluding hydrogens is 392 g/mol. The minimum absolute atomic E-state index is 0.231. The predicted octanol–water partition coefficient (Wildman–Crippen LogP) is 5.23. The minimum atomic E-state index is -1.21. The second-order valence-corrected chi connectivity index (χ2v) is 6.98. The predicted molar refractivity (Wildman–Crippen MR) is 108 cm³/mol. The SMILES string of the molecule is CCOC(=O)C(CC)(Cc1ccccc1)C(=O)/C=C/c1ccc(Br)cc1. The topological polar surface area (TPSA) is 43.4 Å². The van der Waals surface area contributed by atoms with Gasteiger partial charge in [-0.2, -0.15) is 0 Å². The van der Waals surface area contributed by atoms with Gasteiger partial charge in [0.05, 0.1) is 6.61 Å². The summed E-state index contributed by atoms with van der Waals surface area (Å²) in [7, 11) is 0. The van der Waals surface area contributed by atoms with Gasteiger partial charge in [0.25, 0.3) is 0 Å². The highest BCUT2D eigenvalue weighted by Gasteiger charge is 2.44. The number of esters is 1. The lowest BCUT2D eigenvalue weighted by Gasteiger charge is -2.28. The molecule has 0 aliphatic carbocycles. The van der Waals surface area contributed by atoms with Crippen LogP contribution in [0.25, 0.3) is 6.08 Å². The first-order valence-electron chi connectivity index (χ1n) is 8.71. The van der Waals surface area contributed by atoms with Crippen LogP contribution in [0.15, 0.2) is 65.1 Å². The van der Waals surface area contributed by atoms with Crippen molar-refractivity contribution in [3.63, 3.8) is 0 Å². The lowest BCUT2D eigenvalue weighted by Crippen LogP contribution is -2.41. The van der Waals surface area contributed by atoms with Crippen LogP contribution < -0.4 is 0 Å². The Morgan fingerprint density at radius 2 is 1.69 bits per heavy atom. The minimum Gasteiger partial charge on any atom is -0.465 e. The number of allylic oxidation sites excluding steroid dienone is 1. The lowest BCUT2D eigenvalue weighted by molar-refractivity contribution is -0.159. The van der Waals surface area contributed by atoms with Crippen molar-refractivity contribution in [1.82, 2.24) is 0 Å². The van der Waals surface area contributed by atoms with Crippen LogP contribution in [0.1, 0.15) is 31.4 Å². The molecule has 2 rings (SSSR count). The van der Waals surface area contributed by atoms with Crippen LogP contribution in [0.4, 0.5) is 0 Å². The maximum atomic E-state index is 13.1. The molecule has 2 aromatic carbocycles. The first-order valence-corrected chi connectivity index (χ1v) is 9.50. The van der Waals surface area contributed by atoms with Crippen LogP contribution >= 0.6 is 15.9 Å². The molecule has 0 saturated carbocycles. The van der Waals surface area contributed by atoms with Gasteiger partial charge in [-0.15, -0.1) is 0 Å². The van der Waals surface area contributed by atoms with Crippen molar-refractivity contribution in [2.24, 2.45) is 5.41 Å². The third-order valence-electron chi connectivity index (χ3n) is 4.39. The van der Waals surface area contributed by atoms with Crippen molar-refractivity contribution < 1.29 is 14.3 Å². The highest BCUT2D eigenvalue weighted by atomic mass is 79.9. The number of benzene rings is 2. The van der Waals surface area contributed by atoms with Gasteiger partial charge in [0, 0.05) is 4.47 Å². The molecular formula is C22H23BrO3. The summed E-state index contributed by atoms with van der Waals surface area (Å²) in [5.41, 5.74) is 0.631. The molecule has 136 valence electrons.